The highest BCUT2D eigenvalue weighted by atomic mass is 35.5. The van der Waals surface area contributed by atoms with Crippen LogP contribution in [0.5, 0.6) is 0 Å². The number of aromatic amines is 1. The predicted molar refractivity (Wildman–Crippen MR) is 78.5 cm³/mol. The quantitative estimate of drug-likeness (QED) is 0.867. The first kappa shape index (κ1) is 14.6. The molecule has 1 N–H and O–H groups in total. The molecule has 4 heterocycles. The molecule has 122 valence electrons. The van der Waals surface area contributed by atoms with E-state index in [1.165, 1.54) is 0 Å². The molecule has 0 spiro atoms. The lowest BCUT2D eigenvalue weighted by Crippen LogP contribution is -2.50. The Hall–Kier alpha value is -2.00. The van der Waals surface area contributed by atoms with Crippen molar-refractivity contribution in [1.82, 2.24) is 35.1 Å². The van der Waals surface area contributed by atoms with Gasteiger partial charge < -0.3 is 9.64 Å². The molecule has 0 unspecified atom stereocenters. The molecule has 2 aliphatic rings. The normalized spacial score (nSPS) is 23.4. The molecule has 2 aliphatic heterocycles. The molecule has 10 heteroatoms. The number of nitrogens with zero attached hydrogens (tertiary/aromatic N) is 6. The first-order chi connectivity index (χ1) is 11.2. The van der Waals surface area contributed by atoms with Crippen molar-refractivity contribution in [2.75, 3.05) is 13.1 Å². The summed E-state index contributed by atoms with van der Waals surface area (Å²) >= 11 is 5.65. The molecule has 1 fully saturated rings. The van der Waals surface area contributed by atoms with E-state index in [1.807, 2.05) is 9.58 Å². The average molecular weight is 338 g/mol. The highest BCUT2D eigenvalue weighted by Gasteiger charge is 2.37. The van der Waals surface area contributed by atoms with Crippen molar-refractivity contribution in [1.29, 1.82) is 0 Å². The molecule has 0 radical (unpaired) electrons. The molecule has 2 aromatic rings. The molecule has 0 bridgehead atoms. The fraction of sp³-hybridized carbons (Fsp3) is 0.615. The van der Waals surface area contributed by atoms with E-state index >= 15 is 0 Å². The summed E-state index contributed by atoms with van der Waals surface area (Å²) in [6.07, 6.45) is 3.40. The van der Waals surface area contributed by atoms with Crippen LogP contribution in [0, 0.1) is 0 Å². The van der Waals surface area contributed by atoms with E-state index in [0.29, 0.717) is 38.4 Å². The maximum atomic E-state index is 12.4. The van der Waals surface area contributed by atoms with E-state index in [0.717, 1.165) is 12.1 Å². The van der Waals surface area contributed by atoms with Crippen LogP contribution in [-0.4, -0.2) is 60.2 Å². The molecule has 2 atom stereocenters. The zero-order valence-corrected chi connectivity index (χ0v) is 13.1. The molecule has 0 saturated carbocycles. The molecule has 2 aromatic heterocycles. The summed E-state index contributed by atoms with van der Waals surface area (Å²) in [5, 5.41) is 14.7. The van der Waals surface area contributed by atoms with E-state index in [9.17, 15) is 4.79 Å². The lowest BCUT2D eigenvalue weighted by Gasteiger charge is -2.41. The highest BCUT2D eigenvalue weighted by molar-refractivity contribution is 6.28. The minimum absolute atomic E-state index is 0.0263. The molecule has 23 heavy (non-hydrogen) atoms. The number of carbonyl (C=O) groups is 1. The van der Waals surface area contributed by atoms with Crippen molar-refractivity contribution < 1.29 is 9.53 Å². The fourth-order valence-electron chi connectivity index (χ4n) is 3.18. The number of halogens is 1. The fourth-order valence-corrected chi connectivity index (χ4v) is 3.33. The molecule has 1 amide bonds. The van der Waals surface area contributed by atoms with Crippen LogP contribution in [0.3, 0.4) is 0 Å². The minimum Gasteiger partial charge on any atom is -0.368 e. The predicted octanol–water partition coefficient (Wildman–Crippen LogP) is 0.355. The number of carbonyl (C=O) groups excluding carboxylic acids is 1. The smallest absolute Gasteiger partial charge is 0.242 e. The number of aromatic nitrogens is 6. The van der Waals surface area contributed by atoms with Gasteiger partial charge in [0.1, 0.15) is 5.82 Å². The van der Waals surface area contributed by atoms with Crippen molar-refractivity contribution in [3.05, 3.63) is 23.0 Å². The van der Waals surface area contributed by atoms with Crippen molar-refractivity contribution in [2.45, 2.75) is 38.0 Å². The second kappa shape index (κ2) is 5.89. The second-order valence-electron chi connectivity index (χ2n) is 5.77. The molecule has 0 aromatic carbocycles. The van der Waals surface area contributed by atoms with Gasteiger partial charge in [0, 0.05) is 25.9 Å². The Kier molecular flexibility index (Phi) is 3.74. The Morgan fingerprint density at radius 3 is 3.26 bits per heavy atom. The van der Waals surface area contributed by atoms with Crippen LogP contribution in [0.1, 0.15) is 30.4 Å². The summed E-state index contributed by atoms with van der Waals surface area (Å²) in [5.74, 6) is 0.711. The van der Waals surface area contributed by atoms with Gasteiger partial charge in [-0.3, -0.25) is 9.89 Å². The number of rotatable bonds is 3. The van der Waals surface area contributed by atoms with Gasteiger partial charge >= 0.3 is 0 Å². The number of amides is 1. The molecular weight excluding hydrogens is 322 g/mol. The summed E-state index contributed by atoms with van der Waals surface area (Å²) in [7, 11) is 0. The third-order valence-corrected chi connectivity index (χ3v) is 4.53. The maximum absolute atomic E-state index is 12.4. The van der Waals surface area contributed by atoms with E-state index in [-0.39, 0.29) is 23.3 Å². The van der Waals surface area contributed by atoms with Gasteiger partial charge in [-0.05, 0) is 18.0 Å². The Balaban J connectivity index is 1.36. The number of H-pyrrole nitrogens is 1. The topological polar surface area (TPSA) is 102 Å². The Labute approximate surface area is 137 Å². The largest absolute Gasteiger partial charge is 0.368 e. The van der Waals surface area contributed by atoms with Gasteiger partial charge in [-0.25, -0.2) is 9.67 Å². The van der Waals surface area contributed by atoms with Crippen LogP contribution in [0.15, 0.2) is 6.20 Å². The number of nitrogens with one attached hydrogen (secondary N) is 1. The summed E-state index contributed by atoms with van der Waals surface area (Å²) in [4.78, 5) is 18.2. The van der Waals surface area contributed by atoms with Crippen molar-refractivity contribution >= 4 is 17.5 Å². The first-order valence-corrected chi connectivity index (χ1v) is 7.94. The zero-order chi connectivity index (χ0) is 15.8. The molecule has 9 nitrogen and oxygen atoms in total. The van der Waals surface area contributed by atoms with E-state index in [4.69, 9.17) is 16.3 Å². The van der Waals surface area contributed by atoms with Gasteiger partial charge in [-0.1, -0.05) is 5.21 Å². The minimum atomic E-state index is -0.0263. The average Bonchev–Trinajstić information content (AvgIpc) is 3.20. The second-order valence-corrected chi connectivity index (χ2v) is 6.10. The number of aryl methyl sites for hydroxylation is 1. The lowest BCUT2D eigenvalue weighted by molar-refractivity contribution is -0.139. The number of piperidine rings is 1. The van der Waals surface area contributed by atoms with Gasteiger partial charge in [0.15, 0.2) is 0 Å². The van der Waals surface area contributed by atoms with Crippen LogP contribution < -0.4 is 0 Å². The Morgan fingerprint density at radius 2 is 2.43 bits per heavy atom. The number of fused-ring (bicyclic) bond motifs is 3. The molecular formula is C13H16ClN7O2. The highest BCUT2D eigenvalue weighted by Crippen LogP contribution is 2.30. The Bertz CT molecular complexity index is 715. The lowest BCUT2D eigenvalue weighted by atomic mass is 9.99. The van der Waals surface area contributed by atoms with Gasteiger partial charge in [-0.15, -0.1) is 10.2 Å². The zero-order valence-electron chi connectivity index (χ0n) is 12.4. The SMILES string of the molecule is O=C(CCc1nc(Cl)n[nH]1)N1CC[C@H]2[C@H](C1)OCc1cnnn12. The first-order valence-electron chi connectivity index (χ1n) is 7.56. The Morgan fingerprint density at radius 1 is 1.52 bits per heavy atom. The number of hydrogen-bond acceptors (Lipinski definition) is 6. The molecule has 0 aliphatic carbocycles. The van der Waals surface area contributed by atoms with Crippen molar-refractivity contribution in [2.24, 2.45) is 0 Å². The van der Waals surface area contributed by atoms with Crippen molar-refractivity contribution in [3.8, 4) is 0 Å². The van der Waals surface area contributed by atoms with Crippen molar-refractivity contribution in [3.63, 3.8) is 0 Å². The van der Waals surface area contributed by atoms with Gasteiger partial charge in [-0.2, -0.15) is 0 Å². The number of ether oxygens (including phenoxy) is 1. The number of hydrogen-bond donors (Lipinski definition) is 1. The van der Waals surface area contributed by atoms with E-state index in [2.05, 4.69) is 25.5 Å². The summed E-state index contributed by atoms with van der Waals surface area (Å²) in [5.41, 5.74) is 0.994. The molecule has 4 rings (SSSR count). The van der Waals surface area contributed by atoms with Crippen LogP contribution in [0.4, 0.5) is 0 Å². The summed E-state index contributed by atoms with van der Waals surface area (Å²) in [6, 6.07) is 0.165. The van der Waals surface area contributed by atoms with Gasteiger partial charge in [0.05, 0.1) is 30.6 Å². The van der Waals surface area contributed by atoms with Gasteiger partial charge in [0.2, 0.25) is 11.2 Å². The third kappa shape index (κ3) is 2.81. The van der Waals surface area contributed by atoms with Crippen LogP contribution in [-0.2, 0) is 22.6 Å². The van der Waals surface area contributed by atoms with Crippen LogP contribution in [0.25, 0.3) is 0 Å². The van der Waals surface area contributed by atoms with E-state index < -0.39 is 0 Å². The van der Waals surface area contributed by atoms with E-state index in [1.54, 1.807) is 6.20 Å². The summed E-state index contributed by atoms with van der Waals surface area (Å²) in [6.45, 7) is 1.77. The van der Waals surface area contributed by atoms with Crippen LogP contribution >= 0.6 is 11.6 Å². The standard InChI is InChI=1S/C13H16ClN7O2/c14-13-16-11(17-18-13)1-2-12(22)20-4-3-9-10(6-20)23-7-8-5-15-19-21(8)9/h5,9-10H,1-4,6-7H2,(H,16,17,18)/t9-,10-/m0/s1. The van der Waals surface area contributed by atoms with Crippen LogP contribution in [0.2, 0.25) is 5.28 Å². The summed E-state index contributed by atoms with van der Waals surface area (Å²) < 4.78 is 7.81. The monoisotopic (exact) mass is 337 g/mol. The number of likely N-dealkylation sites (tertiary alicyclic amines) is 1. The molecule has 1 saturated heterocycles. The van der Waals surface area contributed by atoms with Gasteiger partial charge in [0.25, 0.3) is 0 Å². The third-order valence-electron chi connectivity index (χ3n) is 4.37. The maximum Gasteiger partial charge on any atom is 0.242 e.